The van der Waals surface area contributed by atoms with E-state index in [4.69, 9.17) is 17.3 Å². The molecular formula is C8H11ClN2O. The Balaban J connectivity index is 2.97. The summed E-state index contributed by atoms with van der Waals surface area (Å²) < 4.78 is 1.68. The smallest absolute Gasteiger partial charge is 0.180 e. The number of aryl methyl sites for hydroxylation is 1. The van der Waals surface area contributed by atoms with E-state index < -0.39 is 6.04 Å². The van der Waals surface area contributed by atoms with Gasteiger partial charge in [-0.15, -0.1) is 0 Å². The van der Waals surface area contributed by atoms with Gasteiger partial charge in [0.25, 0.3) is 0 Å². The summed E-state index contributed by atoms with van der Waals surface area (Å²) in [5, 5.41) is 0.541. The van der Waals surface area contributed by atoms with Crippen LogP contribution in [0.2, 0.25) is 5.15 Å². The molecule has 0 radical (unpaired) electrons. The molecule has 1 aromatic rings. The van der Waals surface area contributed by atoms with Gasteiger partial charge in [-0.3, -0.25) is 4.79 Å². The molecule has 0 aliphatic carbocycles. The third kappa shape index (κ3) is 1.68. The maximum absolute atomic E-state index is 11.3. The molecule has 0 bridgehead atoms. The maximum Gasteiger partial charge on any atom is 0.180 e. The number of hydrogen-bond donors (Lipinski definition) is 1. The van der Waals surface area contributed by atoms with E-state index in [1.54, 1.807) is 30.8 Å². The first kappa shape index (κ1) is 9.29. The number of nitrogens with two attached hydrogens (primary N) is 1. The first-order chi connectivity index (χ1) is 5.52. The third-order valence-electron chi connectivity index (χ3n) is 1.64. The molecule has 0 aliphatic rings. The number of halogens is 1. The summed E-state index contributed by atoms with van der Waals surface area (Å²) in [6.07, 6.45) is 1.67. The lowest BCUT2D eigenvalue weighted by Gasteiger charge is -1.99. The summed E-state index contributed by atoms with van der Waals surface area (Å²) in [7, 11) is 1.78. The molecular weight excluding hydrogens is 176 g/mol. The quantitative estimate of drug-likeness (QED) is 0.706. The number of hydrogen-bond acceptors (Lipinski definition) is 2. The van der Waals surface area contributed by atoms with Crippen molar-refractivity contribution in [2.45, 2.75) is 13.0 Å². The number of carbonyl (C=O) groups excluding carboxylic acids is 1. The largest absolute Gasteiger partial charge is 0.341 e. The summed E-state index contributed by atoms with van der Waals surface area (Å²) in [4.78, 5) is 11.3. The molecule has 2 N–H and O–H groups in total. The van der Waals surface area contributed by atoms with Gasteiger partial charge in [-0.1, -0.05) is 11.6 Å². The Hall–Kier alpha value is -0.800. The van der Waals surface area contributed by atoms with Crippen molar-refractivity contribution in [2.24, 2.45) is 12.8 Å². The van der Waals surface area contributed by atoms with E-state index in [1.165, 1.54) is 0 Å². The second kappa shape index (κ2) is 3.29. The van der Waals surface area contributed by atoms with Crippen molar-refractivity contribution in [1.82, 2.24) is 4.57 Å². The van der Waals surface area contributed by atoms with Gasteiger partial charge in [0, 0.05) is 18.8 Å². The maximum atomic E-state index is 11.3. The van der Waals surface area contributed by atoms with Crippen LogP contribution in [0, 0.1) is 0 Å². The van der Waals surface area contributed by atoms with E-state index in [-0.39, 0.29) is 5.78 Å². The molecule has 3 nitrogen and oxygen atoms in total. The van der Waals surface area contributed by atoms with Gasteiger partial charge < -0.3 is 10.3 Å². The Labute approximate surface area is 76.1 Å². The van der Waals surface area contributed by atoms with Gasteiger partial charge in [-0.05, 0) is 13.0 Å². The van der Waals surface area contributed by atoms with Crippen LogP contribution in [0.15, 0.2) is 12.3 Å². The van der Waals surface area contributed by atoms with Crippen molar-refractivity contribution >= 4 is 17.4 Å². The molecule has 1 atom stereocenters. The lowest BCUT2D eigenvalue weighted by molar-refractivity contribution is 0.0968. The fourth-order valence-electron chi connectivity index (χ4n) is 0.935. The highest BCUT2D eigenvalue weighted by Crippen LogP contribution is 2.13. The second-order valence-corrected chi connectivity index (χ2v) is 3.20. The van der Waals surface area contributed by atoms with Crippen molar-refractivity contribution in [2.75, 3.05) is 0 Å². The van der Waals surface area contributed by atoms with E-state index >= 15 is 0 Å². The van der Waals surface area contributed by atoms with Crippen LogP contribution in [0.3, 0.4) is 0 Å². The average molecular weight is 187 g/mol. The minimum Gasteiger partial charge on any atom is -0.341 e. The van der Waals surface area contributed by atoms with Gasteiger partial charge in [0.05, 0.1) is 6.04 Å². The molecule has 0 aliphatic heterocycles. The summed E-state index contributed by atoms with van der Waals surface area (Å²) in [6, 6.07) is 1.15. The number of Topliss-reactive ketones (excluding diaryl/α,β-unsaturated/α-hetero) is 1. The number of ketones is 1. The fourth-order valence-corrected chi connectivity index (χ4v) is 1.10. The number of aromatic nitrogens is 1. The Morgan fingerprint density at radius 1 is 1.75 bits per heavy atom. The molecule has 4 heteroatoms. The standard InChI is InChI=1S/C8H11ClN2O/c1-5(10)8(12)6-3-7(9)11(2)4-6/h3-5H,10H2,1-2H3. The first-order valence-electron chi connectivity index (χ1n) is 3.64. The summed E-state index contributed by atoms with van der Waals surface area (Å²) in [6.45, 7) is 1.66. The summed E-state index contributed by atoms with van der Waals surface area (Å²) in [5.41, 5.74) is 5.99. The molecule has 1 unspecified atom stereocenters. The van der Waals surface area contributed by atoms with Crippen molar-refractivity contribution in [3.8, 4) is 0 Å². The highest BCUT2D eigenvalue weighted by atomic mass is 35.5. The van der Waals surface area contributed by atoms with Crippen molar-refractivity contribution in [3.05, 3.63) is 23.0 Å². The van der Waals surface area contributed by atoms with Crippen molar-refractivity contribution < 1.29 is 4.79 Å². The SMILES string of the molecule is CC(N)C(=O)c1cc(Cl)n(C)c1. The van der Waals surface area contributed by atoms with Gasteiger partial charge in [0.2, 0.25) is 0 Å². The average Bonchev–Trinajstić information content (AvgIpc) is 2.30. The van der Waals surface area contributed by atoms with Crippen LogP contribution in [0.25, 0.3) is 0 Å². The van der Waals surface area contributed by atoms with E-state index in [1.807, 2.05) is 0 Å². The minimum absolute atomic E-state index is 0.0856. The Kier molecular flexibility index (Phi) is 2.55. The van der Waals surface area contributed by atoms with Gasteiger partial charge in [0.1, 0.15) is 5.15 Å². The second-order valence-electron chi connectivity index (χ2n) is 2.82. The number of nitrogens with zero attached hydrogens (tertiary/aromatic N) is 1. The van der Waals surface area contributed by atoms with Crippen LogP contribution in [0.5, 0.6) is 0 Å². The summed E-state index contributed by atoms with van der Waals surface area (Å²) in [5.74, 6) is -0.0856. The molecule has 0 amide bonds. The predicted molar refractivity (Wildman–Crippen MR) is 48.4 cm³/mol. The molecule has 12 heavy (non-hydrogen) atoms. The molecule has 0 fully saturated rings. The summed E-state index contributed by atoms with van der Waals surface area (Å²) >= 11 is 5.75. The van der Waals surface area contributed by atoms with Crippen LogP contribution in [0.1, 0.15) is 17.3 Å². The predicted octanol–water partition coefficient (Wildman–Crippen LogP) is 1.21. The number of carbonyl (C=O) groups is 1. The van der Waals surface area contributed by atoms with Crippen LogP contribution in [0.4, 0.5) is 0 Å². The normalized spacial score (nSPS) is 13.0. The molecule has 1 heterocycles. The molecule has 0 saturated heterocycles. The molecule has 0 saturated carbocycles. The van der Waals surface area contributed by atoms with Crippen LogP contribution in [-0.4, -0.2) is 16.4 Å². The molecule has 0 spiro atoms. The fraction of sp³-hybridized carbons (Fsp3) is 0.375. The van der Waals surface area contributed by atoms with Crippen LogP contribution in [-0.2, 0) is 7.05 Å². The number of rotatable bonds is 2. The van der Waals surface area contributed by atoms with Gasteiger partial charge in [0.15, 0.2) is 5.78 Å². The Morgan fingerprint density at radius 3 is 2.67 bits per heavy atom. The lowest BCUT2D eigenvalue weighted by atomic mass is 10.1. The van der Waals surface area contributed by atoms with E-state index in [2.05, 4.69) is 0 Å². The molecule has 66 valence electrons. The minimum atomic E-state index is -0.469. The lowest BCUT2D eigenvalue weighted by Crippen LogP contribution is -2.26. The first-order valence-corrected chi connectivity index (χ1v) is 4.02. The van der Waals surface area contributed by atoms with E-state index in [9.17, 15) is 4.79 Å². The van der Waals surface area contributed by atoms with Crippen LogP contribution >= 0.6 is 11.6 Å². The Bertz CT molecular complexity index is 285. The zero-order valence-corrected chi connectivity index (χ0v) is 7.80. The Morgan fingerprint density at radius 2 is 2.33 bits per heavy atom. The van der Waals surface area contributed by atoms with Gasteiger partial charge >= 0.3 is 0 Å². The topological polar surface area (TPSA) is 48.0 Å². The van der Waals surface area contributed by atoms with E-state index in [0.29, 0.717) is 10.7 Å². The third-order valence-corrected chi connectivity index (χ3v) is 2.02. The zero-order chi connectivity index (χ0) is 9.30. The molecule has 1 aromatic heterocycles. The highest BCUT2D eigenvalue weighted by molar-refractivity contribution is 6.30. The van der Waals surface area contributed by atoms with Crippen LogP contribution < -0.4 is 5.73 Å². The van der Waals surface area contributed by atoms with Gasteiger partial charge in [-0.25, -0.2) is 0 Å². The monoisotopic (exact) mass is 186 g/mol. The van der Waals surface area contributed by atoms with Crippen molar-refractivity contribution in [1.29, 1.82) is 0 Å². The highest BCUT2D eigenvalue weighted by Gasteiger charge is 2.13. The molecule has 0 aromatic carbocycles. The van der Waals surface area contributed by atoms with Crippen molar-refractivity contribution in [3.63, 3.8) is 0 Å². The van der Waals surface area contributed by atoms with E-state index in [0.717, 1.165) is 0 Å². The van der Waals surface area contributed by atoms with Gasteiger partial charge in [-0.2, -0.15) is 0 Å². The zero-order valence-electron chi connectivity index (χ0n) is 7.04. The molecule has 1 rings (SSSR count).